The fourth-order valence-electron chi connectivity index (χ4n) is 0.370. The van der Waals surface area contributed by atoms with Crippen LogP contribution in [-0.4, -0.2) is 15.0 Å². The van der Waals surface area contributed by atoms with Gasteiger partial charge in [-0.05, 0) is 6.42 Å². The van der Waals surface area contributed by atoms with E-state index in [1.54, 1.807) is 0 Å². The van der Waals surface area contributed by atoms with Gasteiger partial charge in [0.15, 0.2) is 0 Å². The Morgan fingerprint density at radius 2 is 2.27 bits per heavy atom. The Morgan fingerprint density at radius 1 is 1.64 bits per heavy atom. The Morgan fingerprint density at radius 3 is 2.73 bits per heavy atom. The summed E-state index contributed by atoms with van der Waals surface area (Å²) in [5.74, 6) is 2.06. The van der Waals surface area contributed by atoms with Crippen LogP contribution in [0.5, 0.6) is 0 Å². The van der Waals surface area contributed by atoms with Gasteiger partial charge in [0, 0.05) is 0 Å². The van der Waals surface area contributed by atoms with E-state index in [1.165, 1.54) is 6.08 Å². The molecule has 0 aliphatic rings. The van der Waals surface area contributed by atoms with Gasteiger partial charge in [-0.25, -0.2) is 0 Å². The second-order valence-electron chi connectivity index (χ2n) is 1.74. The van der Waals surface area contributed by atoms with Crippen LogP contribution in [0.25, 0.3) is 0 Å². The van der Waals surface area contributed by atoms with Crippen LogP contribution in [-0.2, 0) is 14.3 Å². The minimum Gasteiger partial charge on any atom is -0.254 e. The van der Waals surface area contributed by atoms with Gasteiger partial charge >= 0.3 is 0 Å². The van der Waals surface area contributed by atoms with Crippen LogP contribution in [0, 0.1) is 12.3 Å². The molecule has 0 amide bonds. The summed E-state index contributed by atoms with van der Waals surface area (Å²) in [5, 5.41) is 1.00. The van der Waals surface area contributed by atoms with Crippen molar-refractivity contribution >= 4 is 10.1 Å². The predicted molar refractivity (Wildman–Crippen MR) is 43.1 cm³/mol. The molecule has 62 valence electrons. The summed E-state index contributed by atoms with van der Waals surface area (Å²) < 4.78 is 25.8. The summed E-state index contributed by atoms with van der Waals surface area (Å²) in [5.41, 5.74) is 0. The highest BCUT2D eigenvalue weighted by Crippen LogP contribution is 1.95. The molecular weight excluding hydrogens is 164 g/mol. The lowest BCUT2D eigenvalue weighted by molar-refractivity contribution is 0.370. The molecule has 3 nitrogen and oxygen atoms in total. The van der Waals surface area contributed by atoms with Crippen molar-refractivity contribution < 1.29 is 12.6 Å². The monoisotopic (exact) mass is 174 g/mol. The minimum absolute atomic E-state index is 0.212. The Labute approximate surface area is 67.2 Å². The molecule has 0 aliphatic carbocycles. The van der Waals surface area contributed by atoms with Crippen LogP contribution in [0.15, 0.2) is 11.5 Å². The van der Waals surface area contributed by atoms with Crippen molar-refractivity contribution in [3.05, 3.63) is 11.5 Å². The maximum atomic E-state index is 10.7. The van der Waals surface area contributed by atoms with E-state index in [4.69, 9.17) is 6.42 Å². The molecular formula is C7H10O3S. The minimum atomic E-state index is -3.53. The van der Waals surface area contributed by atoms with Crippen molar-refractivity contribution in [3.63, 3.8) is 0 Å². The zero-order chi connectivity index (χ0) is 8.74. The maximum Gasteiger partial charge on any atom is 0.290 e. The van der Waals surface area contributed by atoms with Crippen molar-refractivity contribution in [2.24, 2.45) is 0 Å². The van der Waals surface area contributed by atoms with E-state index >= 15 is 0 Å². The summed E-state index contributed by atoms with van der Waals surface area (Å²) in [7, 11) is -3.53. The molecule has 0 saturated carbocycles. The van der Waals surface area contributed by atoms with Crippen LogP contribution in [0.2, 0.25) is 0 Å². The Balaban J connectivity index is 4.05. The van der Waals surface area contributed by atoms with Gasteiger partial charge in [0.25, 0.3) is 10.1 Å². The maximum absolute atomic E-state index is 10.7. The topological polar surface area (TPSA) is 43.4 Å². The standard InChI is InChI=1S/C7H10O3S/c1-3-5-7-11(8,9)10-6-4-2/h2,5,7H,3,6H2,1H3/b7-5+. The molecule has 0 N–H and O–H groups in total. The second-order valence-corrected chi connectivity index (χ2v) is 3.23. The van der Waals surface area contributed by atoms with Gasteiger partial charge in [-0.2, -0.15) is 8.42 Å². The van der Waals surface area contributed by atoms with Crippen molar-refractivity contribution in [2.45, 2.75) is 13.3 Å². The van der Waals surface area contributed by atoms with Crippen LogP contribution in [0.4, 0.5) is 0 Å². The van der Waals surface area contributed by atoms with Crippen molar-refractivity contribution in [2.75, 3.05) is 6.61 Å². The first-order valence-corrected chi connectivity index (χ1v) is 4.59. The van der Waals surface area contributed by atoms with Gasteiger partial charge in [0.05, 0.1) is 5.41 Å². The fraction of sp³-hybridized carbons (Fsp3) is 0.429. The van der Waals surface area contributed by atoms with Gasteiger partial charge in [-0.1, -0.05) is 18.9 Å². The van der Waals surface area contributed by atoms with Crippen LogP contribution in [0.3, 0.4) is 0 Å². The quantitative estimate of drug-likeness (QED) is 0.469. The van der Waals surface area contributed by atoms with E-state index in [1.807, 2.05) is 6.92 Å². The molecule has 0 bridgehead atoms. The van der Waals surface area contributed by atoms with Gasteiger partial charge in [0.1, 0.15) is 6.61 Å². The second kappa shape index (κ2) is 4.94. The van der Waals surface area contributed by atoms with Gasteiger partial charge in [0.2, 0.25) is 0 Å². The molecule has 0 unspecified atom stereocenters. The Hall–Kier alpha value is -0.790. The molecule has 11 heavy (non-hydrogen) atoms. The molecule has 4 heteroatoms. The summed E-state index contributed by atoms with van der Waals surface area (Å²) in [6.07, 6.45) is 6.94. The average Bonchev–Trinajstić information content (AvgIpc) is 1.97. The third-order valence-corrected chi connectivity index (χ3v) is 1.78. The molecule has 0 aromatic rings. The molecule has 0 radical (unpaired) electrons. The Kier molecular flexibility index (Phi) is 4.59. The largest absolute Gasteiger partial charge is 0.290 e. The van der Waals surface area contributed by atoms with Gasteiger partial charge in [-0.15, -0.1) is 6.42 Å². The van der Waals surface area contributed by atoms with Gasteiger partial charge < -0.3 is 0 Å². The van der Waals surface area contributed by atoms with E-state index in [9.17, 15) is 8.42 Å². The lowest BCUT2D eigenvalue weighted by Crippen LogP contribution is -2.01. The van der Waals surface area contributed by atoms with Crippen molar-refractivity contribution in [3.8, 4) is 12.3 Å². The highest BCUT2D eigenvalue weighted by Gasteiger charge is 2.02. The number of terminal acetylenes is 1. The number of allylic oxidation sites excluding steroid dienone is 1. The molecule has 0 heterocycles. The molecule has 0 saturated heterocycles. The summed E-state index contributed by atoms with van der Waals surface area (Å²) in [6.45, 7) is 1.61. The smallest absolute Gasteiger partial charge is 0.254 e. The SMILES string of the molecule is C#CCOS(=O)(=O)/C=C/CC. The van der Waals surface area contributed by atoms with E-state index in [-0.39, 0.29) is 6.61 Å². The highest BCUT2D eigenvalue weighted by atomic mass is 32.2. The summed E-state index contributed by atoms with van der Waals surface area (Å²) in [4.78, 5) is 0. The van der Waals surface area contributed by atoms with Crippen LogP contribution in [0.1, 0.15) is 13.3 Å². The van der Waals surface area contributed by atoms with Crippen molar-refractivity contribution in [1.29, 1.82) is 0 Å². The molecule has 0 rings (SSSR count). The summed E-state index contributed by atoms with van der Waals surface area (Å²) >= 11 is 0. The van der Waals surface area contributed by atoms with Crippen LogP contribution >= 0.6 is 0 Å². The molecule has 0 spiro atoms. The molecule has 0 fully saturated rings. The average molecular weight is 174 g/mol. The van der Waals surface area contributed by atoms with Crippen molar-refractivity contribution in [1.82, 2.24) is 0 Å². The lowest BCUT2D eigenvalue weighted by atomic mass is 10.5. The first-order chi connectivity index (χ1) is 5.12. The summed E-state index contributed by atoms with van der Waals surface area (Å²) in [6, 6.07) is 0. The normalized spacial score (nSPS) is 11.6. The van der Waals surface area contributed by atoms with Crippen LogP contribution < -0.4 is 0 Å². The Bertz CT molecular complexity index is 256. The molecule has 0 atom stereocenters. The fourth-order valence-corrected chi connectivity index (χ4v) is 1.11. The first kappa shape index (κ1) is 10.2. The predicted octanol–water partition coefficient (Wildman–Crippen LogP) is 0.890. The third-order valence-electron chi connectivity index (χ3n) is 0.805. The number of rotatable bonds is 4. The zero-order valence-corrected chi connectivity index (χ0v) is 7.10. The molecule has 0 aliphatic heterocycles. The lowest BCUT2D eigenvalue weighted by Gasteiger charge is -1.93. The number of hydrogen-bond donors (Lipinski definition) is 0. The van der Waals surface area contributed by atoms with Gasteiger partial charge in [-0.3, -0.25) is 4.18 Å². The van der Waals surface area contributed by atoms with E-state index in [0.29, 0.717) is 6.42 Å². The third kappa shape index (κ3) is 5.64. The molecule has 0 aromatic heterocycles. The number of hydrogen-bond acceptors (Lipinski definition) is 3. The zero-order valence-electron chi connectivity index (χ0n) is 6.28. The van der Waals surface area contributed by atoms with E-state index in [0.717, 1.165) is 5.41 Å². The van der Waals surface area contributed by atoms with E-state index < -0.39 is 10.1 Å². The molecule has 0 aromatic carbocycles. The first-order valence-electron chi connectivity index (χ1n) is 3.12. The van der Waals surface area contributed by atoms with E-state index in [2.05, 4.69) is 10.1 Å². The highest BCUT2D eigenvalue weighted by molar-refractivity contribution is 7.89.